The Labute approximate surface area is 125 Å². The summed E-state index contributed by atoms with van der Waals surface area (Å²) in [5.41, 5.74) is 6.51. The van der Waals surface area contributed by atoms with Gasteiger partial charge in [-0.15, -0.1) is 0 Å². The summed E-state index contributed by atoms with van der Waals surface area (Å²) in [7, 11) is -3.87. The Morgan fingerprint density at radius 3 is 2.60 bits per heavy atom. The number of anilines is 2. The van der Waals surface area contributed by atoms with E-state index >= 15 is 0 Å². The topological polar surface area (TPSA) is 72.2 Å². The molecule has 0 bridgehead atoms. The summed E-state index contributed by atoms with van der Waals surface area (Å²) >= 11 is 3.31. The molecule has 20 heavy (non-hydrogen) atoms. The predicted octanol–water partition coefficient (Wildman–Crippen LogP) is 3.28. The van der Waals surface area contributed by atoms with Crippen molar-refractivity contribution >= 4 is 37.3 Å². The number of sulfonamides is 1. The average Bonchev–Trinajstić information content (AvgIpc) is 2.38. The van der Waals surface area contributed by atoms with Crippen LogP contribution in [0.3, 0.4) is 0 Å². The Bertz CT molecular complexity index is 763. The van der Waals surface area contributed by atoms with Gasteiger partial charge >= 0.3 is 0 Å². The van der Waals surface area contributed by atoms with Crippen molar-refractivity contribution in [2.75, 3.05) is 10.5 Å². The molecule has 0 saturated heterocycles. The zero-order valence-electron chi connectivity index (χ0n) is 10.5. The molecule has 0 aliphatic carbocycles. The maximum absolute atomic E-state index is 13.4. The molecule has 3 N–H and O–H groups in total. The Morgan fingerprint density at radius 1 is 1.25 bits per heavy atom. The summed E-state index contributed by atoms with van der Waals surface area (Å²) in [6.45, 7) is 1.84. The summed E-state index contributed by atoms with van der Waals surface area (Å²) in [6, 6.07) is 8.54. The molecule has 0 heterocycles. The summed E-state index contributed by atoms with van der Waals surface area (Å²) in [5, 5.41) is 0. The van der Waals surface area contributed by atoms with Crippen molar-refractivity contribution in [3.8, 4) is 0 Å². The predicted molar refractivity (Wildman–Crippen MR) is 80.5 cm³/mol. The molecule has 0 saturated carbocycles. The van der Waals surface area contributed by atoms with Crippen LogP contribution < -0.4 is 10.5 Å². The van der Waals surface area contributed by atoms with Gasteiger partial charge in [-0.25, -0.2) is 12.8 Å². The van der Waals surface area contributed by atoms with Gasteiger partial charge in [-0.2, -0.15) is 0 Å². The molecule has 0 atom stereocenters. The number of benzene rings is 2. The molecule has 0 unspecified atom stereocenters. The first kappa shape index (κ1) is 14.8. The van der Waals surface area contributed by atoms with Crippen molar-refractivity contribution in [3.05, 3.63) is 52.3 Å². The molecule has 0 radical (unpaired) electrons. The van der Waals surface area contributed by atoms with E-state index in [4.69, 9.17) is 5.73 Å². The monoisotopic (exact) mass is 358 g/mol. The van der Waals surface area contributed by atoms with Crippen LogP contribution in [0.5, 0.6) is 0 Å². The molecule has 0 aliphatic heterocycles. The zero-order chi connectivity index (χ0) is 14.9. The van der Waals surface area contributed by atoms with Crippen molar-refractivity contribution < 1.29 is 12.8 Å². The highest BCUT2D eigenvalue weighted by atomic mass is 79.9. The molecular formula is C13H12BrFN2O2S. The highest BCUT2D eigenvalue weighted by molar-refractivity contribution is 9.10. The summed E-state index contributed by atoms with van der Waals surface area (Å²) in [5.74, 6) is -0.767. The number of nitrogen functional groups attached to an aromatic ring is 1. The molecule has 0 spiro atoms. The molecule has 0 aromatic heterocycles. The first-order valence-electron chi connectivity index (χ1n) is 5.64. The Balaban J connectivity index is 2.41. The van der Waals surface area contributed by atoms with Crippen molar-refractivity contribution in [1.29, 1.82) is 0 Å². The third-order valence-electron chi connectivity index (χ3n) is 2.72. The van der Waals surface area contributed by atoms with Gasteiger partial charge in [-0.1, -0.05) is 12.1 Å². The fourth-order valence-corrected chi connectivity index (χ4v) is 3.18. The summed E-state index contributed by atoms with van der Waals surface area (Å²) < 4.78 is 40.8. The molecule has 0 amide bonds. The standard InChI is InChI=1S/C13H12BrFN2O2S/c1-8-3-2-4-12(13(8)14)17-20(18,19)9-5-6-11(16)10(15)7-9/h2-7,17H,16H2,1H3. The normalized spacial score (nSPS) is 11.3. The molecule has 2 aromatic rings. The first-order chi connectivity index (χ1) is 9.31. The van der Waals surface area contributed by atoms with Gasteiger partial charge in [0.2, 0.25) is 0 Å². The van der Waals surface area contributed by atoms with Crippen LogP contribution in [0, 0.1) is 12.7 Å². The molecular weight excluding hydrogens is 347 g/mol. The molecule has 2 rings (SSSR count). The number of hydrogen-bond acceptors (Lipinski definition) is 3. The SMILES string of the molecule is Cc1cccc(NS(=O)(=O)c2ccc(N)c(F)c2)c1Br. The average molecular weight is 359 g/mol. The van der Waals surface area contributed by atoms with Crippen molar-refractivity contribution in [2.45, 2.75) is 11.8 Å². The second-order valence-corrected chi connectivity index (χ2v) is 6.70. The minimum Gasteiger partial charge on any atom is -0.396 e. The van der Waals surface area contributed by atoms with Gasteiger partial charge in [0.15, 0.2) is 0 Å². The number of nitrogens with one attached hydrogen (secondary N) is 1. The van der Waals surface area contributed by atoms with Gasteiger partial charge in [0, 0.05) is 4.47 Å². The van der Waals surface area contributed by atoms with Gasteiger partial charge in [0.1, 0.15) is 5.82 Å². The lowest BCUT2D eigenvalue weighted by Crippen LogP contribution is -2.14. The molecule has 0 aliphatic rings. The molecule has 2 aromatic carbocycles. The lowest BCUT2D eigenvalue weighted by atomic mass is 10.2. The Kier molecular flexibility index (Phi) is 4.01. The number of rotatable bonds is 3. The van der Waals surface area contributed by atoms with Crippen LogP contribution in [-0.2, 0) is 10.0 Å². The van der Waals surface area contributed by atoms with Crippen LogP contribution in [0.2, 0.25) is 0 Å². The van der Waals surface area contributed by atoms with Crippen LogP contribution in [0.4, 0.5) is 15.8 Å². The van der Waals surface area contributed by atoms with Crippen molar-refractivity contribution in [3.63, 3.8) is 0 Å². The zero-order valence-corrected chi connectivity index (χ0v) is 12.9. The smallest absolute Gasteiger partial charge is 0.262 e. The highest BCUT2D eigenvalue weighted by Gasteiger charge is 2.17. The first-order valence-corrected chi connectivity index (χ1v) is 7.92. The van der Waals surface area contributed by atoms with E-state index < -0.39 is 15.8 Å². The van der Waals surface area contributed by atoms with Gasteiger partial charge in [0.05, 0.1) is 16.3 Å². The maximum Gasteiger partial charge on any atom is 0.262 e. The number of aryl methyl sites for hydroxylation is 1. The molecule has 7 heteroatoms. The van der Waals surface area contributed by atoms with Crippen LogP contribution >= 0.6 is 15.9 Å². The Hall–Kier alpha value is -1.60. The van der Waals surface area contributed by atoms with Crippen molar-refractivity contribution in [2.24, 2.45) is 0 Å². The lowest BCUT2D eigenvalue weighted by molar-refractivity contribution is 0.596. The summed E-state index contributed by atoms with van der Waals surface area (Å²) in [6.07, 6.45) is 0. The van der Waals surface area contributed by atoms with E-state index in [0.717, 1.165) is 11.6 Å². The van der Waals surface area contributed by atoms with E-state index in [-0.39, 0.29) is 10.6 Å². The van der Waals surface area contributed by atoms with E-state index in [9.17, 15) is 12.8 Å². The number of hydrogen-bond donors (Lipinski definition) is 2. The van der Waals surface area contributed by atoms with Crippen LogP contribution in [0.25, 0.3) is 0 Å². The fourth-order valence-electron chi connectivity index (χ4n) is 1.60. The largest absolute Gasteiger partial charge is 0.396 e. The second-order valence-electron chi connectivity index (χ2n) is 4.23. The third kappa shape index (κ3) is 2.94. The van der Waals surface area contributed by atoms with Gasteiger partial charge < -0.3 is 5.73 Å². The summed E-state index contributed by atoms with van der Waals surface area (Å²) in [4.78, 5) is -0.183. The van der Waals surface area contributed by atoms with E-state index in [1.54, 1.807) is 12.1 Å². The second kappa shape index (κ2) is 5.41. The van der Waals surface area contributed by atoms with Gasteiger partial charge in [-0.05, 0) is 52.7 Å². The maximum atomic E-state index is 13.4. The van der Waals surface area contributed by atoms with Crippen LogP contribution in [-0.4, -0.2) is 8.42 Å². The van der Waals surface area contributed by atoms with E-state index in [1.165, 1.54) is 12.1 Å². The fraction of sp³-hybridized carbons (Fsp3) is 0.0769. The van der Waals surface area contributed by atoms with Gasteiger partial charge in [-0.3, -0.25) is 4.72 Å². The van der Waals surface area contributed by atoms with E-state index in [0.29, 0.717) is 10.2 Å². The van der Waals surface area contributed by atoms with Crippen LogP contribution in [0.15, 0.2) is 45.8 Å². The third-order valence-corrected chi connectivity index (χ3v) is 5.13. The number of halogens is 2. The quantitative estimate of drug-likeness (QED) is 0.827. The molecule has 4 nitrogen and oxygen atoms in total. The Morgan fingerprint density at radius 2 is 1.95 bits per heavy atom. The van der Waals surface area contributed by atoms with E-state index in [2.05, 4.69) is 20.7 Å². The molecule has 106 valence electrons. The minimum atomic E-state index is -3.87. The van der Waals surface area contributed by atoms with E-state index in [1.807, 2.05) is 13.0 Å². The van der Waals surface area contributed by atoms with Gasteiger partial charge in [0.25, 0.3) is 10.0 Å². The lowest BCUT2D eigenvalue weighted by Gasteiger charge is -2.11. The van der Waals surface area contributed by atoms with Crippen LogP contribution in [0.1, 0.15) is 5.56 Å². The minimum absolute atomic E-state index is 0.0966. The molecule has 0 fully saturated rings. The highest BCUT2D eigenvalue weighted by Crippen LogP contribution is 2.28. The van der Waals surface area contributed by atoms with Crippen molar-refractivity contribution in [1.82, 2.24) is 0 Å². The number of nitrogens with two attached hydrogens (primary N) is 1.